The fraction of sp³-hybridized carbons (Fsp3) is 0.238. The first-order chi connectivity index (χ1) is 14.8. The minimum atomic E-state index is -0.351. The molecule has 0 unspecified atom stereocenters. The summed E-state index contributed by atoms with van der Waals surface area (Å²) in [6.45, 7) is 0.918. The van der Waals surface area contributed by atoms with Gasteiger partial charge < -0.3 is 9.47 Å². The van der Waals surface area contributed by atoms with Gasteiger partial charge >= 0.3 is 0 Å². The Balaban J connectivity index is 1.74. The molecule has 2 aromatic carbocycles. The Labute approximate surface area is 204 Å². The van der Waals surface area contributed by atoms with E-state index in [1.165, 1.54) is 4.90 Å². The van der Waals surface area contributed by atoms with E-state index < -0.39 is 0 Å². The lowest BCUT2D eigenvalue weighted by Crippen LogP contribution is -2.29. The maximum Gasteiger partial charge on any atom is 0.293 e. The molecule has 0 aliphatic carbocycles. The molecule has 0 saturated carbocycles. The van der Waals surface area contributed by atoms with Crippen LogP contribution in [0.5, 0.6) is 5.75 Å². The minimum Gasteiger partial charge on any atom is -0.486 e. The van der Waals surface area contributed by atoms with Gasteiger partial charge in [-0.1, -0.05) is 52.5 Å². The van der Waals surface area contributed by atoms with Crippen LogP contribution in [0.3, 0.4) is 0 Å². The van der Waals surface area contributed by atoms with E-state index in [1.807, 2.05) is 0 Å². The predicted molar refractivity (Wildman–Crippen MR) is 126 cm³/mol. The lowest BCUT2D eigenvalue weighted by Gasteiger charge is -2.12. The molecule has 10 heteroatoms. The highest BCUT2D eigenvalue weighted by atomic mass is 35.5. The molecule has 1 aliphatic heterocycles. The number of hydrogen-bond donors (Lipinski definition) is 0. The number of nitrogens with zero attached hydrogens (tertiary/aromatic N) is 1. The normalized spacial score (nSPS) is 15.3. The SMILES string of the molecule is COCCCN1C(=O)S/C(=C/c2cc(Cl)c(OCc3ccc(Cl)cc3Cl)c(Cl)c2)C1=O. The standard InChI is InChI=1S/C21H17Cl4NO4S/c1-29-6-2-5-26-20(27)18(31-21(26)28)9-12-7-16(24)19(17(25)8-12)30-11-13-3-4-14(22)10-15(13)23/h3-4,7-10H,2,5-6,11H2,1H3/b18-9+. The third kappa shape index (κ3) is 6.09. The molecular weight excluding hydrogens is 504 g/mol. The highest BCUT2D eigenvalue weighted by Gasteiger charge is 2.34. The van der Waals surface area contributed by atoms with Gasteiger partial charge in [0.1, 0.15) is 6.61 Å². The van der Waals surface area contributed by atoms with Gasteiger partial charge in [0.2, 0.25) is 0 Å². The van der Waals surface area contributed by atoms with Crippen molar-refractivity contribution >= 4 is 75.4 Å². The first kappa shape index (κ1) is 24.2. The number of thioether (sulfide) groups is 1. The van der Waals surface area contributed by atoms with E-state index in [1.54, 1.807) is 43.5 Å². The smallest absolute Gasteiger partial charge is 0.293 e. The summed E-state index contributed by atoms with van der Waals surface area (Å²) in [7, 11) is 1.57. The molecule has 0 radical (unpaired) electrons. The highest BCUT2D eigenvalue weighted by Crippen LogP contribution is 2.38. The van der Waals surface area contributed by atoms with Crippen molar-refractivity contribution in [2.24, 2.45) is 0 Å². The van der Waals surface area contributed by atoms with Crippen LogP contribution >= 0.6 is 58.2 Å². The summed E-state index contributed by atoms with van der Waals surface area (Å²) in [6.07, 6.45) is 2.15. The van der Waals surface area contributed by atoms with Gasteiger partial charge in [-0.3, -0.25) is 14.5 Å². The van der Waals surface area contributed by atoms with E-state index in [2.05, 4.69) is 0 Å². The van der Waals surface area contributed by atoms with Crippen molar-refractivity contribution in [1.82, 2.24) is 4.90 Å². The Kier molecular flexibility index (Phi) is 8.56. The molecule has 0 aromatic heterocycles. The zero-order chi connectivity index (χ0) is 22.5. The molecular formula is C21H17Cl4NO4S. The Morgan fingerprint density at radius 3 is 2.39 bits per heavy atom. The third-order valence-corrected chi connectivity index (χ3v) is 6.37. The zero-order valence-corrected chi connectivity index (χ0v) is 20.1. The molecule has 2 amide bonds. The van der Waals surface area contributed by atoms with E-state index in [0.29, 0.717) is 45.8 Å². The monoisotopic (exact) mass is 519 g/mol. The maximum absolute atomic E-state index is 12.5. The van der Waals surface area contributed by atoms with Crippen LogP contribution in [0.15, 0.2) is 35.2 Å². The van der Waals surface area contributed by atoms with Crippen molar-refractivity contribution < 1.29 is 19.1 Å². The Bertz CT molecular complexity index is 1020. The molecule has 2 aromatic rings. The number of imide groups is 1. The van der Waals surface area contributed by atoms with Crippen molar-refractivity contribution in [2.75, 3.05) is 20.3 Å². The predicted octanol–water partition coefficient (Wildman–Crippen LogP) is 6.95. The van der Waals surface area contributed by atoms with Gasteiger partial charge in [0, 0.05) is 35.9 Å². The Morgan fingerprint density at radius 1 is 1.03 bits per heavy atom. The quantitative estimate of drug-likeness (QED) is 0.278. The largest absolute Gasteiger partial charge is 0.486 e. The summed E-state index contributed by atoms with van der Waals surface area (Å²) in [5.74, 6) is -0.0600. The van der Waals surface area contributed by atoms with Crippen molar-refractivity contribution in [1.29, 1.82) is 0 Å². The molecule has 164 valence electrons. The topological polar surface area (TPSA) is 55.8 Å². The van der Waals surface area contributed by atoms with E-state index in [0.717, 1.165) is 17.3 Å². The number of ether oxygens (including phenoxy) is 2. The van der Waals surface area contributed by atoms with Crippen LogP contribution < -0.4 is 4.74 Å². The van der Waals surface area contributed by atoms with Crippen LogP contribution in [0.25, 0.3) is 6.08 Å². The molecule has 1 aliphatic rings. The van der Waals surface area contributed by atoms with Gasteiger partial charge in [0.05, 0.1) is 15.0 Å². The number of methoxy groups -OCH3 is 1. The molecule has 0 N–H and O–H groups in total. The number of carbonyl (C=O) groups is 2. The second-order valence-electron chi connectivity index (χ2n) is 6.52. The van der Waals surface area contributed by atoms with Crippen LogP contribution in [0, 0.1) is 0 Å². The summed E-state index contributed by atoms with van der Waals surface area (Å²) in [6, 6.07) is 8.32. The lowest BCUT2D eigenvalue weighted by molar-refractivity contribution is -0.122. The molecule has 1 heterocycles. The molecule has 1 fully saturated rings. The Morgan fingerprint density at radius 2 is 1.74 bits per heavy atom. The molecule has 31 heavy (non-hydrogen) atoms. The van der Waals surface area contributed by atoms with Crippen LogP contribution in [0.2, 0.25) is 20.1 Å². The van der Waals surface area contributed by atoms with Crippen LogP contribution in [-0.2, 0) is 16.1 Å². The molecule has 1 saturated heterocycles. The molecule has 0 bridgehead atoms. The summed E-state index contributed by atoms with van der Waals surface area (Å²) in [5, 5.41) is 1.21. The second kappa shape index (κ2) is 10.9. The van der Waals surface area contributed by atoms with Gasteiger partial charge in [0.15, 0.2) is 5.75 Å². The van der Waals surface area contributed by atoms with Crippen LogP contribution in [-0.4, -0.2) is 36.3 Å². The zero-order valence-electron chi connectivity index (χ0n) is 16.3. The minimum absolute atomic E-state index is 0.148. The number of rotatable bonds is 8. The van der Waals surface area contributed by atoms with Crippen molar-refractivity contribution in [2.45, 2.75) is 13.0 Å². The summed E-state index contributed by atoms with van der Waals surface area (Å²) in [5.41, 5.74) is 1.30. The van der Waals surface area contributed by atoms with Gasteiger partial charge in [0.25, 0.3) is 11.1 Å². The number of benzene rings is 2. The van der Waals surface area contributed by atoms with Crippen molar-refractivity contribution in [3.8, 4) is 5.75 Å². The number of amides is 2. The van der Waals surface area contributed by atoms with Gasteiger partial charge in [-0.05, 0) is 54.1 Å². The van der Waals surface area contributed by atoms with Crippen LogP contribution in [0.4, 0.5) is 4.79 Å². The fourth-order valence-corrected chi connectivity index (χ4v) is 4.74. The van der Waals surface area contributed by atoms with Gasteiger partial charge in [-0.15, -0.1) is 0 Å². The average Bonchev–Trinajstić information content (AvgIpc) is 2.96. The Hall–Kier alpha value is -1.41. The summed E-state index contributed by atoms with van der Waals surface area (Å²) < 4.78 is 10.7. The number of halogens is 4. The first-order valence-electron chi connectivity index (χ1n) is 9.10. The second-order valence-corrected chi connectivity index (χ2v) is 9.17. The van der Waals surface area contributed by atoms with Gasteiger partial charge in [-0.2, -0.15) is 0 Å². The third-order valence-electron chi connectivity index (χ3n) is 4.31. The van der Waals surface area contributed by atoms with E-state index >= 15 is 0 Å². The molecule has 3 rings (SSSR count). The number of hydrogen-bond acceptors (Lipinski definition) is 5. The average molecular weight is 521 g/mol. The van der Waals surface area contributed by atoms with E-state index in [4.69, 9.17) is 55.9 Å². The highest BCUT2D eigenvalue weighted by molar-refractivity contribution is 8.18. The summed E-state index contributed by atoms with van der Waals surface area (Å²) in [4.78, 5) is 26.2. The molecule has 0 atom stereocenters. The number of carbonyl (C=O) groups excluding carboxylic acids is 2. The van der Waals surface area contributed by atoms with Crippen LogP contribution in [0.1, 0.15) is 17.5 Å². The summed E-state index contributed by atoms with van der Waals surface area (Å²) >= 11 is 25.6. The molecule has 0 spiro atoms. The van der Waals surface area contributed by atoms with Crippen molar-refractivity contribution in [3.63, 3.8) is 0 Å². The lowest BCUT2D eigenvalue weighted by atomic mass is 10.2. The fourth-order valence-electron chi connectivity index (χ4n) is 2.80. The maximum atomic E-state index is 12.5. The van der Waals surface area contributed by atoms with Crippen molar-refractivity contribution in [3.05, 3.63) is 66.5 Å². The first-order valence-corrected chi connectivity index (χ1v) is 11.4. The van der Waals surface area contributed by atoms with Gasteiger partial charge in [-0.25, -0.2) is 0 Å². The van der Waals surface area contributed by atoms with E-state index in [9.17, 15) is 9.59 Å². The molecule has 5 nitrogen and oxygen atoms in total. The van der Waals surface area contributed by atoms with E-state index in [-0.39, 0.29) is 27.8 Å².